The first kappa shape index (κ1) is 30.0. The fourth-order valence-electron chi connectivity index (χ4n) is 8.55. The van der Waals surface area contributed by atoms with E-state index in [1.54, 1.807) is 11.3 Å². The van der Waals surface area contributed by atoms with E-state index in [0.717, 1.165) is 16.2 Å². The van der Waals surface area contributed by atoms with E-state index in [-0.39, 0.29) is 0 Å². The summed E-state index contributed by atoms with van der Waals surface area (Å²) in [5.41, 5.74) is 11.8. The molecule has 5 heteroatoms. The Bertz CT molecular complexity index is 3440. The highest BCUT2D eigenvalue weighted by molar-refractivity contribution is 7.28. The molecule has 0 atom stereocenters. The van der Waals surface area contributed by atoms with Crippen molar-refractivity contribution in [3.63, 3.8) is 0 Å². The van der Waals surface area contributed by atoms with Crippen molar-refractivity contribution in [2.45, 2.75) is 0 Å². The Labute approximate surface area is 318 Å². The number of fused-ring (bicyclic) bond motifs is 11. The minimum Gasteiger partial charge on any atom is -0.309 e. The lowest BCUT2D eigenvalue weighted by atomic mass is 10.0. The lowest BCUT2D eigenvalue weighted by Crippen LogP contribution is -1.93. The molecule has 54 heavy (non-hydrogen) atoms. The number of benzene rings is 8. The summed E-state index contributed by atoms with van der Waals surface area (Å²) in [4.78, 5) is 5.47. The van der Waals surface area contributed by atoms with Crippen molar-refractivity contribution in [3.05, 3.63) is 176 Å². The molecule has 0 amide bonds. The molecule has 0 fully saturated rings. The summed E-state index contributed by atoms with van der Waals surface area (Å²) < 4.78 is 8.62. The minimum atomic E-state index is 0.983. The van der Waals surface area contributed by atoms with E-state index in [4.69, 9.17) is 4.98 Å². The number of thiophene rings is 1. The second-order valence-corrected chi connectivity index (χ2v) is 16.0. The van der Waals surface area contributed by atoms with Gasteiger partial charge in [-0.05, 0) is 71.3 Å². The van der Waals surface area contributed by atoms with E-state index in [1.165, 1.54) is 90.9 Å². The molecule has 4 heterocycles. The molecule has 8 aromatic carbocycles. The first-order valence-corrected chi connectivity index (χ1v) is 19.8. The highest BCUT2D eigenvalue weighted by Crippen LogP contribution is 2.47. The summed E-state index contributed by atoms with van der Waals surface area (Å²) in [6.45, 7) is 0. The fraction of sp³-hybridized carbons (Fsp3) is 0. The second-order valence-electron chi connectivity index (χ2n) is 13.9. The monoisotopic (exact) mass is 723 g/mol. The Kier molecular flexibility index (Phi) is 6.38. The van der Waals surface area contributed by atoms with Gasteiger partial charge < -0.3 is 4.57 Å². The number of thiazole rings is 1. The third kappa shape index (κ3) is 4.31. The zero-order valence-electron chi connectivity index (χ0n) is 28.9. The van der Waals surface area contributed by atoms with Gasteiger partial charge in [-0.3, -0.25) is 4.57 Å². The van der Waals surface area contributed by atoms with Crippen LogP contribution in [0.3, 0.4) is 0 Å². The van der Waals surface area contributed by atoms with Crippen LogP contribution in [0.2, 0.25) is 0 Å². The number of hydrogen-bond acceptors (Lipinski definition) is 3. The lowest BCUT2D eigenvalue weighted by Gasteiger charge is -2.09. The van der Waals surface area contributed by atoms with Crippen LogP contribution in [0.4, 0.5) is 0 Å². The molecule has 0 bridgehead atoms. The maximum atomic E-state index is 5.47. The molecule has 0 radical (unpaired) electrons. The molecule has 0 N–H and O–H groups in total. The maximum absolute atomic E-state index is 5.47. The fourth-order valence-corrected chi connectivity index (χ4v) is 11.0. The molecule has 0 aliphatic rings. The Morgan fingerprint density at radius 3 is 1.81 bits per heavy atom. The molecule has 0 unspecified atom stereocenters. The molecular formula is C49H29N3S2. The van der Waals surface area contributed by atoms with Crippen LogP contribution in [0.25, 0.3) is 107 Å². The van der Waals surface area contributed by atoms with Crippen LogP contribution in [0.1, 0.15) is 0 Å². The van der Waals surface area contributed by atoms with Crippen molar-refractivity contribution in [2.75, 3.05) is 0 Å². The molecule has 0 saturated heterocycles. The average Bonchev–Trinajstić information content (AvgIpc) is 4.00. The summed E-state index contributed by atoms with van der Waals surface area (Å²) in [7, 11) is 0. The number of hydrogen-bond donors (Lipinski definition) is 0. The summed E-state index contributed by atoms with van der Waals surface area (Å²) in [6, 6.07) is 63.9. The van der Waals surface area contributed by atoms with Crippen molar-refractivity contribution < 1.29 is 0 Å². The van der Waals surface area contributed by atoms with Gasteiger partial charge in [-0.15, -0.1) is 11.3 Å². The smallest absolute Gasteiger partial charge is 0.195 e. The SMILES string of the molecule is c1ccc(-c2cc3nc(-n4c5ccccc5c5ccc(-c6ccc7c(c6)c6ccccc6n7-c6ccccc6)cc54)sc3c3c2sc2ccccc23)cc1. The van der Waals surface area contributed by atoms with Gasteiger partial charge >= 0.3 is 0 Å². The minimum absolute atomic E-state index is 0.983. The van der Waals surface area contributed by atoms with Gasteiger partial charge in [0.05, 0.1) is 32.3 Å². The molecule has 0 saturated carbocycles. The molecular weight excluding hydrogens is 695 g/mol. The summed E-state index contributed by atoms with van der Waals surface area (Å²) in [6.07, 6.45) is 0. The van der Waals surface area contributed by atoms with Crippen LogP contribution < -0.4 is 0 Å². The highest BCUT2D eigenvalue weighted by atomic mass is 32.1. The van der Waals surface area contributed by atoms with Crippen LogP contribution in [-0.4, -0.2) is 14.1 Å². The molecule has 0 aliphatic heterocycles. The topological polar surface area (TPSA) is 22.8 Å². The summed E-state index contributed by atoms with van der Waals surface area (Å²) >= 11 is 3.68. The molecule has 12 aromatic rings. The Hall–Kier alpha value is -6.53. The van der Waals surface area contributed by atoms with E-state index in [0.29, 0.717) is 0 Å². The van der Waals surface area contributed by atoms with Crippen LogP contribution in [0.15, 0.2) is 176 Å². The largest absolute Gasteiger partial charge is 0.309 e. The quantitative estimate of drug-likeness (QED) is 0.177. The van der Waals surface area contributed by atoms with Crippen LogP contribution in [-0.2, 0) is 0 Å². The molecule has 12 rings (SSSR count). The van der Waals surface area contributed by atoms with E-state index in [1.807, 2.05) is 11.3 Å². The molecule has 0 spiro atoms. The molecule has 0 aliphatic carbocycles. The Morgan fingerprint density at radius 2 is 1.00 bits per heavy atom. The number of aromatic nitrogens is 3. The van der Waals surface area contributed by atoms with E-state index in [9.17, 15) is 0 Å². The standard InChI is InChI=1S/C49H29N3S2/c1-3-13-30(14-4-1)38-29-40-48(46-37-19-9-12-22-45(37)53-47(38)46)54-49(50-40)52-42-21-11-7-17-34(42)36-25-23-32(28-44(36)52)31-24-26-43-39(27-31)35-18-8-10-20-41(35)51(43)33-15-5-2-6-16-33/h1-29H. The van der Waals surface area contributed by atoms with Crippen molar-refractivity contribution in [1.82, 2.24) is 14.1 Å². The van der Waals surface area contributed by atoms with Crippen molar-refractivity contribution in [2.24, 2.45) is 0 Å². The third-order valence-electron chi connectivity index (χ3n) is 11.0. The predicted octanol–water partition coefficient (Wildman–Crippen LogP) is 14.2. The maximum Gasteiger partial charge on any atom is 0.195 e. The zero-order chi connectivity index (χ0) is 35.3. The summed E-state index contributed by atoms with van der Waals surface area (Å²) in [5.74, 6) is 0. The van der Waals surface area contributed by atoms with Gasteiger partial charge in [0.15, 0.2) is 5.13 Å². The van der Waals surface area contributed by atoms with Crippen molar-refractivity contribution in [3.8, 4) is 33.1 Å². The van der Waals surface area contributed by atoms with Gasteiger partial charge in [0.1, 0.15) is 0 Å². The van der Waals surface area contributed by atoms with E-state index in [2.05, 4.69) is 185 Å². The molecule has 3 nitrogen and oxygen atoms in total. The van der Waals surface area contributed by atoms with Gasteiger partial charge in [0, 0.05) is 53.0 Å². The van der Waals surface area contributed by atoms with E-state index >= 15 is 0 Å². The third-order valence-corrected chi connectivity index (χ3v) is 13.2. The molecule has 252 valence electrons. The molecule has 4 aromatic heterocycles. The van der Waals surface area contributed by atoms with Gasteiger partial charge in [0.25, 0.3) is 0 Å². The van der Waals surface area contributed by atoms with E-state index < -0.39 is 0 Å². The zero-order valence-corrected chi connectivity index (χ0v) is 30.5. The number of para-hydroxylation sites is 3. The lowest BCUT2D eigenvalue weighted by molar-refractivity contribution is 1.15. The van der Waals surface area contributed by atoms with Gasteiger partial charge in [-0.25, -0.2) is 4.98 Å². The first-order chi connectivity index (χ1) is 26.8. The van der Waals surface area contributed by atoms with Crippen LogP contribution >= 0.6 is 22.7 Å². The highest BCUT2D eigenvalue weighted by Gasteiger charge is 2.21. The van der Waals surface area contributed by atoms with Gasteiger partial charge in [-0.1, -0.05) is 133 Å². The van der Waals surface area contributed by atoms with Crippen LogP contribution in [0, 0.1) is 0 Å². The second kappa shape index (κ2) is 11.5. The van der Waals surface area contributed by atoms with Crippen molar-refractivity contribution >= 4 is 96.7 Å². The average molecular weight is 724 g/mol. The summed E-state index contributed by atoms with van der Waals surface area (Å²) in [5, 5.41) is 8.55. The van der Waals surface area contributed by atoms with Gasteiger partial charge in [-0.2, -0.15) is 0 Å². The first-order valence-electron chi connectivity index (χ1n) is 18.2. The number of nitrogens with zero attached hydrogens (tertiary/aromatic N) is 3. The number of rotatable bonds is 4. The van der Waals surface area contributed by atoms with Gasteiger partial charge in [0.2, 0.25) is 0 Å². The normalized spacial score (nSPS) is 12.1. The Balaban J connectivity index is 1.10. The van der Waals surface area contributed by atoms with Crippen LogP contribution in [0.5, 0.6) is 0 Å². The van der Waals surface area contributed by atoms with Crippen molar-refractivity contribution in [1.29, 1.82) is 0 Å². The Morgan fingerprint density at radius 1 is 0.389 bits per heavy atom. The predicted molar refractivity (Wildman–Crippen MR) is 232 cm³/mol.